The topological polar surface area (TPSA) is 26.1 Å². The predicted molar refractivity (Wildman–Crippen MR) is 69.2 cm³/mol. The first-order valence-corrected chi connectivity index (χ1v) is 6.80. The zero-order valence-corrected chi connectivity index (χ0v) is 10.7. The van der Waals surface area contributed by atoms with Crippen LogP contribution in [0.4, 0.5) is 0 Å². The van der Waals surface area contributed by atoms with Gasteiger partial charge in [-0.25, -0.2) is 4.74 Å². The van der Waals surface area contributed by atoms with Crippen molar-refractivity contribution in [2.75, 3.05) is 4.43 Å². The molecule has 0 aliphatic carbocycles. The number of rotatable bonds is 5. The van der Waals surface area contributed by atoms with E-state index in [9.17, 15) is 5.21 Å². The molecule has 1 aliphatic heterocycles. The van der Waals surface area contributed by atoms with Gasteiger partial charge in [0.25, 0.3) is 0 Å². The second-order valence-electron chi connectivity index (χ2n) is 3.77. The van der Waals surface area contributed by atoms with Gasteiger partial charge in [-0.3, -0.25) is 0 Å². The van der Waals surface area contributed by atoms with Gasteiger partial charge in [0.15, 0.2) is 11.8 Å². The zero-order valence-electron chi connectivity index (χ0n) is 8.54. The van der Waals surface area contributed by atoms with Crippen LogP contribution in [-0.2, 0) is 0 Å². The van der Waals surface area contributed by atoms with E-state index in [1.54, 1.807) is 0 Å². The Labute approximate surface area is 99.8 Å². The van der Waals surface area contributed by atoms with Crippen molar-refractivity contribution in [1.82, 2.24) is 0 Å². The van der Waals surface area contributed by atoms with Crippen molar-refractivity contribution in [3.63, 3.8) is 0 Å². The molecule has 1 rings (SSSR count). The Morgan fingerprint density at radius 3 is 3.07 bits per heavy atom. The third-order valence-electron chi connectivity index (χ3n) is 2.70. The fourth-order valence-corrected chi connectivity index (χ4v) is 2.65. The van der Waals surface area contributed by atoms with Gasteiger partial charge in [-0.2, -0.15) is 0 Å². The van der Waals surface area contributed by atoms with Crippen LogP contribution in [0.5, 0.6) is 0 Å². The molecule has 0 amide bonds. The van der Waals surface area contributed by atoms with Crippen molar-refractivity contribution < 1.29 is 4.74 Å². The van der Waals surface area contributed by atoms with Crippen LogP contribution in [0, 0.1) is 5.21 Å². The van der Waals surface area contributed by atoms with Crippen LogP contribution in [0.1, 0.15) is 38.5 Å². The quantitative estimate of drug-likeness (QED) is 0.191. The molecule has 14 heavy (non-hydrogen) atoms. The number of hydrogen-bond donors (Lipinski definition) is 0. The van der Waals surface area contributed by atoms with Crippen molar-refractivity contribution in [2.24, 2.45) is 0 Å². The Hall–Kier alpha value is -0.0600. The van der Waals surface area contributed by atoms with E-state index in [2.05, 4.69) is 29.2 Å². The molecule has 3 heteroatoms. The monoisotopic (exact) mass is 307 g/mol. The van der Waals surface area contributed by atoms with Gasteiger partial charge in [-0.1, -0.05) is 28.7 Å². The van der Waals surface area contributed by atoms with Crippen molar-refractivity contribution in [1.29, 1.82) is 0 Å². The highest BCUT2D eigenvalue weighted by molar-refractivity contribution is 14.1. The Bertz CT molecular complexity index is 225. The molecule has 0 fully saturated rings. The number of allylic oxidation sites excluding steroid dienone is 1. The lowest BCUT2D eigenvalue weighted by atomic mass is 10.00. The van der Waals surface area contributed by atoms with Gasteiger partial charge in [0.1, 0.15) is 0 Å². The average molecular weight is 307 g/mol. The summed E-state index contributed by atoms with van der Waals surface area (Å²) < 4.78 is 2.23. The second kappa shape index (κ2) is 6.43. The molecule has 0 saturated carbocycles. The van der Waals surface area contributed by atoms with E-state index in [-0.39, 0.29) is 6.04 Å². The first kappa shape index (κ1) is 12.0. The molecule has 0 aromatic heterocycles. The van der Waals surface area contributed by atoms with Crippen LogP contribution >= 0.6 is 22.6 Å². The SMILES string of the molecule is C=CCCCC1=[N+]([O-])C(CI)CCC1. The molecule has 0 bridgehead atoms. The van der Waals surface area contributed by atoms with Crippen molar-refractivity contribution in [3.05, 3.63) is 17.9 Å². The molecule has 0 spiro atoms. The minimum atomic E-state index is 0.239. The number of nitrogens with zero attached hydrogens (tertiary/aromatic N) is 1. The summed E-state index contributed by atoms with van der Waals surface area (Å²) in [4.78, 5) is 0. The van der Waals surface area contributed by atoms with Crippen LogP contribution < -0.4 is 0 Å². The van der Waals surface area contributed by atoms with Crippen LogP contribution in [0.3, 0.4) is 0 Å². The fourth-order valence-electron chi connectivity index (χ4n) is 1.85. The summed E-state index contributed by atoms with van der Waals surface area (Å²) in [5.74, 6) is 0. The third kappa shape index (κ3) is 3.26. The molecule has 1 atom stereocenters. The Morgan fingerprint density at radius 2 is 2.43 bits per heavy atom. The maximum atomic E-state index is 11.8. The summed E-state index contributed by atoms with van der Waals surface area (Å²) in [6, 6.07) is 0.239. The molecular weight excluding hydrogens is 289 g/mol. The summed E-state index contributed by atoms with van der Waals surface area (Å²) in [5, 5.41) is 11.8. The van der Waals surface area contributed by atoms with E-state index < -0.39 is 0 Å². The number of halogens is 1. The van der Waals surface area contributed by atoms with Crippen LogP contribution in [0.2, 0.25) is 0 Å². The maximum absolute atomic E-state index is 11.8. The van der Waals surface area contributed by atoms with E-state index in [0.717, 1.165) is 42.2 Å². The van der Waals surface area contributed by atoms with Crippen molar-refractivity contribution in [3.8, 4) is 0 Å². The van der Waals surface area contributed by atoms with Gasteiger partial charge >= 0.3 is 0 Å². The first-order chi connectivity index (χ1) is 6.79. The van der Waals surface area contributed by atoms with Gasteiger partial charge in [-0.05, 0) is 19.3 Å². The van der Waals surface area contributed by atoms with E-state index >= 15 is 0 Å². The Kier molecular flexibility index (Phi) is 5.52. The number of unbranched alkanes of at least 4 members (excludes halogenated alkanes) is 1. The Morgan fingerprint density at radius 1 is 1.64 bits per heavy atom. The minimum Gasteiger partial charge on any atom is -0.624 e. The predicted octanol–water partition coefficient (Wildman–Crippen LogP) is 3.28. The molecule has 0 N–H and O–H groups in total. The van der Waals surface area contributed by atoms with Crippen LogP contribution in [-0.4, -0.2) is 20.9 Å². The number of alkyl halides is 1. The molecule has 0 aromatic carbocycles. The van der Waals surface area contributed by atoms with Gasteiger partial charge in [0.05, 0.1) is 4.43 Å². The first-order valence-electron chi connectivity index (χ1n) is 5.27. The average Bonchev–Trinajstić information content (AvgIpc) is 2.21. The zero-order chi connectivity index (χ0) is 10.4. The molecular formula is C11H18INO. The van der Waals surface area contributed by atoms with Crippen LogP contribution in [0.25, 0.3) is 0 Å². The van der Waals surface area contributed by atoms with E-state index in [0.29, 0.717) is 0 Å². The van der Waals surface area contributed by atoms with Crippen LogP contribution in [0.15, 0.2) is 12.7 Å². The van der Waals surface area contributed by atoms with Gasteiger partial charge in [-0.15, -0.1) is 6.58 Å². The summed E-state index contributed by atoms with van der Waals surface area (Å²) in [7, 11) is 0. The highest BCUT2D eigenvalue weighted by atomic mass is 127. The molecule has 80 valence electrons. The van der Waals surface area contributed by atoms with E-state index in [4.69, 9.17) is 0 Å². The van der Waals surface area contributed by atoms with E-state index in [1.807, 2.05) is 6.08 Å². The summed E-state index contributed by atoms with van der Waals surface area (Å²) in [5.41, 5.74) is 1.11. The normalized spacial score (nSPS) is 22.5. The summed E-state index contributed by atoms with van der Waals surface area (Å²) >= 11 is 2.31. The van der Waals surface area contributed by atoms with Gasteiger partial charge < -0.3 is 5.21 Å². The largest absolute Gasteiger partial charge is 0.624 e. The smallest absolute Gasteiger partial charge is 0.172 e. The van der Waals surface area contributed by atoms with Gasteiger partial charge in [0.2, 0.25) is 0 Å². The highest BCUT2D eigenvalue weighted by Crippen LogP contribution is 2.17. The van der Waals surface area contributed by atoms with E-state index in [1.165, 1.54) is 11.2 Å². The fraction of sp³-hybridized carbons (Fsp3) is 0.727. The van der Waals surface area contributed by atoms with Crippen molar-refractivity contribution >= 4 is 28.3 Å². The lowest BCUT2D eigenvalue weighted by Gasteiger charge is -2.23. The molecule has 0 aromatic rings. The molecule has 2 nitrogen and oxygen atoms in total. The third-order valence-corrected chi connectivity index (χ3v) is 3.71. The molecule has 1 heterocycles. The summed E-state index contributed by atoms with van der Waals surface area (Å²) in [6.07, 6.45) is 8.25. The highest BCUT2D eigenvalue weighted by Gasteiger charge is 2.24. The second-order valence-corrected chi connectivity index (χ2v) is 4.65. The van der Waals surface area contributed by atoms with Gasteiger partial charge in [0, 0.05) is 19.3 Å². The standard InChI is InChI=1S/C11H18INO/c1-2-3-4-6-10-7-5-8-11(9-12)13(10)14/h2,11H,1,3-9H2. The Balaban J connectivity index is 2.50. The molecule has 0 radical (unpaired) electrons. The lowest BCUT2D eigenvalue weighted by Crippen LogP contribution is -2.32. The van der Waals surface area contributed by atoms with Crippen molar-refractivity contribution in [2.45, 2.75) is 44.6 Å². The lowest BCUT2D eigenvalue weighted by molar-refractivity contribution is -0.502. The minimum absolute atomic E-state index is 0.239. The summed E-state index contributed by atoms with van der Waals surface area (Å²) in [6.45, 7) is 3.69. The molecule has 1 unspecified atom stereocenters. The molecule has 1 aliphatic rings. The number of hydroxylamine groups is 1. The molecule has 0 saturated heterocycles. The number of hydrogen-bond acceptors (Lipinski definition) is 1. The maximum Gasteiger partial charge on any atom is 0.172 e.